The third kappa shape index (κ3) is 3.51. The Kier molecular flexibility index (Phi) is 4.91. The molecule has 3 rings (SSSR count). The first-order chi connectivity index (χ1) is 9.83. The Morgan fingerprint density at radius 3 is 2.75 bits per heavy atom. The van der Waals surface area contributed by atoms with Crippen molar-refractivity contribution in [1.29, 1.82) is 0 Å². The zero-order valence-corrected chi connectivity index (χ0v) is 12.5. The summed E-state index contributed by atoms with van der Waals surface area (Å²) in [7, 11) is 0. The van der Waals surface area contributed by atoms with Gasteiger partial charge in [-0.05, 0) is 19.4 Å². The van der Waals surface area contributed by atoms with Gasteiger partial charge in [-0.1, -0.05) is 6.42 Å². The molecule has 0 aromatic carbocycles. The second-order valence-electron chi connectivity index (χ2n) is 6.37. The smallest absolute Gasteiger partial charge is 0.223 e. The normalized spacial score (nSPS) is 29.2. The van der Waals surface area contributed by atoms with Gasteiger partial charge in [0.15, 0.2) is 0 Å². The summed E-state index contributed by atoms with van der Waals surface area (Å²) in [6.45, 7) is 9.43. The van der Waals surface area contributed by atoms with E-state index in [1.54, 1.807) is 0 Å². The van der Waals surface area contributed by atoms with Gasteiger partial charge in [-0.3, -0.25) is 14.6 Å². The number of carbonyl (C=O) groups is 1. The molecule has 1 unspecified atom stereocenters. The van der Waals surface area contributed by atoms with Gasteiger partial charge in [-0.2, -0.15) is 0 Å². The summed E-state index contributed by atoms with van der Waals surface area (Å²) in [5.74, 6) is 0.345. The van der Waals surface area contributed by atoms with Gasteiger partial charge in [0, 0.05) is 64.8 Å². The Morgan fingerprint density at radius 1 is 1.05 bits per heavy atom. The maximum Gasteiger partial charge on any atom is 0.223 e. The van der Waals surface area contributed by atoms with Gasteiger partial charge in [-0.25, -0.2) is 0 Å². The van der Waals surface area contributed by atoms with Crippen LogP contribution < -0.4 is 5.32 Å². The van der Waals surface area contributed by atoms with Crippen LogP contribution in [0.15, 0.2) is 0 Å². The van der Waals surface area contributed by atoms with E-state index < -0.39 is 0 Å². The molecule has 0 saturated carbocycles. The van der Waals surface area contributed by atoms with Crippen LogP contribution in [0.4, 0.5) is 0 Å². The number of fused-ring (bicyclic) bond motifs is 1. The summed E-state index contributed by atoms with van der Waals surface area (Å²) in [6.07, 6.45) is 4.81. The first-order valence-electron chi connectivity index (χ1n) is 8.28. The molecule has 114 valence electrons. The average molecular weight is 280 g/mol. The lowest BCUT2D eigenvalue weighted by Gasteiger charge is -2.44. The van der Waals surface area contributed by atoms with E-state index >= 15 is 0 Å². The van der Waals surface area contributed by atoms with Crippen LogP contribution in [0.2, 0.25) is 0 Å². The zero-order valence-electron chi connectivity index (χ0n) is 12.5. The Balaban J connectivity index is 1.41. The number of nitrogens with zero attached hydrogens (tertiary/aromatic N) is 3. The maximum absolute atomic E-state index is 12.2. The Labute approximate surface area is 122 Å². The lowest BCUT2D eigenvalue weighted by molar-refractivity contribution is -0.132. The second-order valence-corrected chi connectivity index (χ2v) is 6.37. The monoisotopic (exact) mass is 280 g/mol. The van der Waals surface area contributed by atoms with Crippen molar-refractivity contribution in [1.82, 2.24) is 20.0 Å². The van der Waals surface area contributed by atoms with Gasteiger partial charge >= 0.3 is 0 Å². The minimum atomic E-state index is 0.345. The number of rotatable bonds is 3. The van der Waals surface area contributed by atoms with Gasteiger partial charge in [0.1, 0.15) is 0 Å². The van der Waals surface area contributed by atoms with E-state index in [4.69, 9.17) is 0 Å². The molecule has 0 aromatic heterocycles. The minimum absolute atomic E-state index is 0.345. The largest absolute Gasteiger partial charge is 0.340 e. The Bertz CT molecular complexity index is 330. The molecule has 0 spiro atoms. The van der Waals surface area contributed by atoms with Crippen molar-refractivity contribution in [3.8, 4) is 0 Å². The van der Waals surface area contributed by atoms with Crippen molar-refractivity contribution in [2.24, 2.45) is 0 Å². The summed E-state index contributed by atoms with van der Waals surface area (Å²) in [6, 6.07) is 0.756. The molecule has 0 radical (unpaired) electrons. The van der Waals surface area contributed by atoms with Crippen LogP contribution in [0.1, 0.15) is 25.7 Å². The molecule has 0 aromatic rings. The SMILES string of the molecule is O=C(CCN1CCN2CCCCC2C1)N1CCNCC1. The van der Waals surface area contributed by atoms with E-state index in [2.05, 4.69) is 15.1 Å². The second kappa shape index (κ2) is 6.87. The van der Waals surface area contributed by atoms with Crippen molar-refractivity contribution in [2.75, 3.05) is 58.9 Å². The maximum atomic E-state index is 12.2. The highest BCUT2D eigenvalue weighted by molar-refractivity contribution is 5.76. The molecule has 20 heavy (non-hydrogen) atoms. The van der Waals surface area contributed by atoms with Crippen LogP contribution in [0.5, 0.6) is 0 Å². The van der Waals surface area contributed by atoms with Gasteiger partial charge in [0.25, 0.3) is 0 Å². The van der Waals surface area contributed by atoms with Crippen molar-refractivity contribution < 1.29 is 4.79 Å². The Morgan fingerprint density at radius 2 is 1.90 bits per heavy atom. The van der Waals surface area contributed by atoms with Crippen molar-refractivity contribution in [2.45, 2.75) is 31.7 Å². The number of hydrogen-bond donors (Lipinski definition) is 1. The van der Waals surface area contributed by atoms with E-state index in [1.807, 2.05) is 4.90 Å². The fourth-order valence-electron chi connectivity index (χ4n) is 3.75. The standard InChI is InChI=1S/C15H28N4O/c20-15(19-9-5-16-6-10-19)4-8-17-11-12-18-7-2-1-3-14(18)13-17/h14,16H,1-13H2. The first kappa shape index (κ1) is 14.3. The summed E-state index contributed by atoms with van der Waals surface area (Å²) in [4.78, 5) is 19.4. The lowest BCUT2D eigenvalue weighted by Crippen LogP contribution is -2.55. The number of nitrogens with one attached hydrogen (secondary N) is 1. The summed E-state index contributed by atoms with van der Waals surface area (Å²) >= 11 is 0. The van der Waals surface area contributed by atoms with Gasteiger partial charge in [0.2, 0.25) is 5.91 Å². The quantitative estimate of drug-likeness (QED) is 0.788. The number of hydrogen-bond acceptors (Lipinski definition) is 4. The first-order valence-corrected chi connectivity index (χ1v) is 8.28. The molecular formula is C15H28N4O. The molecule has 3 heterocycles. The van der Waals surface area contributed by atoms with Crippen molar-refractivity contribution in [3.63, 3.8) is 0 Å². The molecule has 5 nitrogen and oxygen atoms in total. The van der Waals surface area contributed by atoms with E-state index in [1.165, 1.54) is 38.9 Å². The van der Waals surface area contributed by atoms with Crippen LogP contribution in [0.3, 0.4) is 0 Å². The van der Waals surface area contributed by atoms with Crippen LogP contribution in [-0.2, 0) is 4.79 Å². The molecule has 3 aliphatic heterocycles. The highest BCUT2D eigenvalue weighted by Crippen LogP contribution is 2.21. The third-order valence-corrected chi connectivity index (χ3v) is 5.03. The van der Waals surface area contributed by atoms with Gasteiger partial charge < -0.3 is 10.2 Å². The fraction of sp³-hybridized carbons (Fsp3) is 0.933. The van der Waals surface area contributed by atoms with Crippen LogP contribution in [0, 0.1) is 0 Å². The van der Waals surface area contributed by atoms with E-state index in [0.29, 0.717) is 12.3 Å². The number of piperidine rings is 1. The lowest BCUT2D eigenvalue weighted by atomic mass is 9.99. The predicted molar refractivity (Wildman–Crippen MR) is 79.7 cm³/mol. The molecule has 0 aliphatic carbocycles. The molecule has 3 fully saturated rings. The number of carbonyl (C=O) groups excluding carboxylic acids is 1. The number of piperazine rings is 2. The van der Waals surface area contributed by atoms with E-state index in [-0.39, 0.29) is 0 Å². The van der Waals surface area contributed by atoms with Crippen molar-refractivity contribution in [3.05, 3.63) is 0 Å². The molecule has 1 N–H and O–H groups in total. The highest BCUT2D eigenvalue weighted by Gasteiger charge is 2.29. The fourth-order valence-corrected chi connectivity index (χ4v) is 3.75. The predicted octanol–water partition coefficient (Wildman–Crippen LogP) is -0.0216. The average Bonchev–Trinajstić information content (AvgIpc) is 2.53. The van der Waals surface area contributed by atoms with Crippen LogP contribution in [-0.4, -0.2) is 85.6 Å². The molecule has 1 amide bonds. The molecule has 3 aliphatic rings. The van der Waals surface area contributed by atoms with Gasteiger partial charge in [-0.15, -0.1) is 0 Å². The zero-order chi connectivity index (χ0) is 13.8. The molecule has 1 atom stereocenters. The summed E-state index contributed by atoms with van der Waals surface area (Å²) < 4.78 is 0. The van der Waals surface area contributed by atoms with E-state index in [0.717, 1.165) is 45.3 Å². The third-order valence-electron chi connectivity index (χ3n) is 5.03. The highest BCUT2D eigenvalue weighted by atomic mass is 16.2. The molecule has 5 heteroatoms. The minimum Gasteiger partial charge on any atom is -0.340 e. The molecular weight excluding hydrogens is 252 g/mol. The summed E-state index contributed by atoms with van der Waals surface area (Å²) in [5, 5.41) is 3.30. The van der Waals surface area contributed by atoms with Gasteiger partial charge in [0.05, 0.1) is 0 Å². The van der Waals surface area contributed by atoms with Crippen molar-refractivity contribution >= 4 is 5.91 Å². The summed E-state index contributed by atoms with van der Waals surface area (Å²) in [5.41, 5.74) is 0. The molecule has 0 bridgehead atoms. The molecule has 3 saturated heterocycles. The topological polar surface area (TPSA) is 38.8 Å². The van der Waals surface area contributed by atoms with Crippen LogP contribution in [0.25, 0.3) is 0 Å². The van der Waals surface area contributed by atoms with E-state index in [9.17, 15) is 4.79 Å². The Hall–Kier alpha value is -0.650. The van der Waals surface area contributed by atoms with Crippen LogP contribution >= 0.6 is 0 Å². The number of amides is 1.